The van der Waals surface area contributed by atoms with Gasteiger partial charge in [0, 0.05) is 11.4 Å². The number of carbonyl (C=O) groups is 1. The third kappa shape index (κ3) is 2.93. The van der Waals surface area contributed by atoms with Gasteiger partial charge in [-0.05, 0) is 52.7 Å². The lowest BCUT2D eigenvalue weighted by molar-refractivity contribution is 0.102. The normalized spacial score (nSPS) is 10.3. The molecule has 0 bridgehead atoms. The van der Waals surface area contributed by atoms with Crippen LogP contribution in [0.2, 0.25) is 0 Å². The standard InChI is InChI=1S/C14H12BrFN2O/c1-8-5-6-9(17)7-12(8)18-14(19)10-3-2-4-11(16)13(10)15/h2-7H,17H2,1H3,(H,18,19). The molecule has 2 aromatic carbocycles. The zero-order chi connectivity index (χ0) is 14.0. The second-order valence-corrected chi connectivity index (χ2v) is 4.92. The predicted octanol–water partition coefficient (Wildman–Crippen LogP) is 3.73. The highest BCUT2D eigenvalue weighted by Gasteiger charge is 2.14. The highest BCUT2D eigenvalue weighted by atomic mass is 79.9. The highest BCUT2D eigenvalue weighted by molar-refractivity contribution is 9.10. The zero-order valence-corrected chi connectivity index (χ0v) is 11.8. The van der Waals surface area contributed by atoms with Crippen LogP contribution in [0.1, 0.15) is 15.9 Å². The first kappa shape index (κ1) is 13.5. The lowest BCUT2D eigenvalue weighted by Gasteiger charge is -2.10. The fourth-order valence-corrected chi connectivity index (χ4v) is 2.09. The molecule has 2 rings (SSSR count). The van der Waals surface area contributed by atoms with E-state index in [9.17, 15) is 9.18 Å². The number of carbonyl (C=O) groups excluding carboxylic acids is 1. The Kier molecular flexibility index (Phi) is 3.85. The molecule has 3 N–H and O–H groups in total. The number of aryl methyl sites for hydroxylation is 1. The van der Waals surface area contributed by atoms with Crippen LogP contribution in [0.5, 0.6) is 0 Å². The summed E-state index contributed by atoms with van der Waals surface area (Å²) < 4.78 is 13.5. The largest absolute Gasteiger partial charge is 0.399 e. The molecule has 1 amide bonds. The van der Waals surface area contributed by atoms with E-state index in [4.69, 9.17) is 5.73 Å². The Balaban J connectivity index is 2.31. The summed E-state index contributed by atoms with van der Waals surface area (Å²) in [6.45, 7) is 1.86. The molecular formula is C14H12BrFN2O. The summed E-state index contributed by atoms with van der Waals surface area (Å²) >= 11 is 3.07. The molecular weight excluding hydrogens is 311 g/mol. The van der Waals surface area contributed by atoms with Crippen molar-refractivity contribution in [1.29, 1.82) is 0 Å². The maximum atomic E-state index is 13.4. The molecule has 0 aromatic heterocycles. The van der Waals surface area contributed by atoms with Gasteiger partial charge in [-0.15, -0.1) is 0 Å². The number of nitrogens with two attached hydrogens (primary N) is 1. The first-order valence-electron chi connectivity index (χ1n) is 5.60. The van der Waals surface area contributed by atoms with Crippen molar-refractivity contribution in [2.75, 3.05) is 11.1 Å². The van der Waals surface area contributed by atoms with E-state index < -0.39 is 5.82 Å². The average Bonchev–Trinajstić information content (AvgIpc) is 2.37. The molecule has 0 saturated carbocycles. The lowest BCUT2D eigenvalue weighted by atomic mass is 10.1. The van der Waals surface area contributed by atoms with E-state index in [1.165, 1.54) is 12.1 Å². The smallest absolute Gasteiger partial charge is 0.256 e. The predicted molar refractivity (Wildman–Crippen MR) is 77.6 cm³/mol. The number of anilines is 2. The second-order valence-electron chi connectivity index (χ2n) is 4.13. The third-order valence-electron chi connectivity index (χ3n) is 2.71. The van der Waals surface area contributed by atoms with Crippen LogP contribution in [0, 0.1) is 12.7 Å². The van der Waals surface area contributed by atoms with Crippen molar-refractivity contribution in [2.45, 2.75) is 6.92 Å². The summed E-state index contributed by atoms with van der Waals surface area (Å²) in [6, 6.07) is 9.55. The van der Waals surface area contributed by atoms with E-state index >= 15 is 0 Å². The molecule has 0 aliphatic rings. The number of hydrogen-bond acceptors (Lipinski definition) is 2. The van der Waals surface area contributed by atoms with Gasteiger partial charge >= 0.3 is 0 Å². The Bertz CT molecular complexity index is 643. The number of hydrogen-bond donors (Lipinski definition) is 2. The summed E-state index contributed by atoms with van der Waals surface area (Å²) in [5.41, 5.74) is 7.96. The van der Waals surface area contributed by atoms with Gasteiger partial charge in [0.15, 0.2) is 0 Å². The number of nitrogen functional groups attached to an aromatic ring is 1. The van der Waals surface area contributed by atoms with E-state index in [1.807, 2.05) is 13.0 Å². The van der Waals surface area contributed by atoms with Crippen molar-refractivity contribution in [3.05, 3.63) is 57.8 Å². The lowest BCUT2D eigenvalue weighted by Crippen LogP contribution is -2.14. The topological polar surface area (TPSA) is 55.1 Å². The van der Waals surface area contributed by atoms with Crippen LogP contribution in [0.15, 0.2) is 40.9 Å². The first-order chi connectivity index (χ1) is 8.99. The molecule has 0 atom stereocenters. The number of benzene rings is 2. The highest BCUT2D eigenvalue weighted by Crippen LogP contribution is 2.23. The molecule has 0 heterocycles. The van der Waals surface area contributed by atoms with E-state index in [1.54, 1.807) is 18.2 Å². The van der Waals surface area contributed by atoms with Crippen molar-refractivity contribution < 1.29 is 9.18 Å². The Hall–Kier alpha value is -1.88. The van der Waals surface area contributed by atoms with Gasteiger partial charge in [-0.25, -0.2) is 4.39 Å². The van der Waals surface area contributed by atoms with Crippen LogP contribution in [-0.2, 0) is 0 Å². The fraction of sp³-hybridized carbons (Fsp3) is 0.0714. The van der Waals surface area contributed by atoms with Gasteiger partial charge < -0.3 is 11.1 Å². The van der Waals surface area contributed by atoms with E-state index in [0.717, 1.165) is 5.56 Å². The van der Waals surface area contributed by atoms with Gasteiger partial charge in [0.25, 0.3) is 5.91 Å². The van der Waals surface area contributed by atoms with Gasteiger partial charge in [0.1, 0.15) is 5.82 Å². The molecule has 0 radical (unpaired) electrons. The molecule has 0 aliphatic heterocycles. The Morgan fingerprint density at radius 1 is 1.32 bits per heavy atom. The summed E-state index contributed by atoms with van der Waals surface area (Å²) in [6.07, 6.45) is 0. The molecule has 3 nitrogen and oxygen atoms in total. The van der Waals surface area contributed by atoms with Gasteiger partial charge in [0.2, 0.25) is 0 Å². The van der Waals surface area contributed by atoms with Crippen LogP contribution in [0.25, 0.3) is 0 Å². The minimum atomic E-state index is -0.475. The van der Waals surface area contributed by atoms with Gasteiger partial charge in [-0.3, -0.25) is 4.79 Å². The van der Waals surface area contributed by atoms with E-state index in [2.05, 4.69) is 21.2 Å². The van der Waals surface area contributed by atoms with Crippen LogP contribution in [0.3, 0.4) is 0 Å². The molecule has 0 unspecified atom stereocenters. The van der Waals surface area contributed by atoms with Crippen LogP contribution >= 0.6 is 15.9 Å². The van der Waals surface area contributed by atoms with Crippen LogP contribution in [-0.4, -0.2) is 5.91 Å². The number of rotatable bonds is 2. The molecule has 98 valence electrons. The minimum absolute atomic E-state index is 0.147. The van der Waals surface area contributed by atoms with Gasteiger partial charge in [-0.2, -0.15) is 0 Å². The van der Waals surface area contributed by atoms with Crippen molar-refractivity contribution in [2.24, 2.45) is 0 Å². The minimum Gasteiger partial charge on any atom is -0.399 e. The van der Waals surface area contributed by atoms with Crippen molar-refractivity contribution >= 4 is 33.2 Å². The third-order valence-corrected chi connectivity index (χ3v) is 3.51. The molecule has 0 saturated heterocycles. The van der Waals surface area contributed by atoms with E-state index in [-0.39, 0.29) is 15.9 Å². The fourth-order valence-electron chi connectivity index (χ4n) is 1.64. The maximum Gasteiger partial charge on any atom is 0.256 e. The molecule has 2 aromatic rings. The summed E-state index contributed by atoms with van der Waals surface area (Å²) in [4.78, 5) is 12.1. The Morgan fingerprint density at radius 3 is 2.79 bits per heavy atom. The quantitative estimate of drug-likeness (QED) is 0.828. The van der Waals surface area contributed by atoms with Crippen molar-refractivity contribution in [3.63, 3.8) is 0 Å². The Morgan fingerprint density at radius 2 is 2.05 bits per heavy atom. The average molecular weight is 323 g/mol. The monoisotopic (exact) mass is 322 g/mol. The Labute approximate surface area is 118 Å². The van der Waals surface area contributed by atoms with Crippen molar-refractivity contribution in [1.82, 2.24) is 0 Å². The SMILES string of the molecule is Cc1ccc(N)cc1NC(=O)c1cccc(F)c1Br. The second kappa shape index (κ2) is 5.40. The summed E-state index contributed by atoms with van der Waals surface area (Å²) in [5, 5.41) is 2.72. The molecule has 0 spiro atoms. The number of amides is 1. The van der Waals surface area contributed by atoms with Gasteiger partial charge in [0.05, 0.1) is 10.0 Å². The van der Waals surface area contributed by atoms with Crippen LogP contribution < -0.4 is 11.1 Å². The first-order valence-corrected chi connectivity index (χ1v) is 6.40. The summed E-state index contributed by atoms with van der Waals surface area (Å²) in [7, 11) is 0. The molecule has 0 fully saturated rings. The van der Waals surface area contributed by atoms with Crippen molar-refractivity contribution in [3.8, 4) is 0 Å². The molecule has 19 heavy (non-hydrogen) atoms. The molecule has 0 aliphatic carbocycles. The maximum absolute atomic E-state index is 13.4. The number of nitrogens with one attached hydrogen (secondary N) is 1. The van der Waals surface area contributed by atoms with Crippen LogP contribution in [0.4, 0.5) is 15.8 Å². The molecule has 5 heteroatoms. The number of halogens is 2. The summed E-state index contributed by atoms with van der Waals surface area (Å²) in [5.74, 6) is -0.864. The van der Waals surface area contributed by atoms with Gasteiger partial charge in [-0.1, -0.05) is 12.1 Å². The van der Waals surface area contributed by atoms with E-state index in [0.29, 0.717) is 11.4 Å². The zero-order valence-electron chi connectivity index (χ0n) is 10.2.